The summed E-state index contributed by atoms with van der Waals surface area (Å²) >= 11 is 0. The van der Waals surface area contributed by atoms with Gasteiger partial charge in [-0.05, 0) is 47.5 Å². The lowest BCUT2D eigenvalue weighted by Gasteiger charge is -2.54. The Kier molecular flexibility index (Phi) is 3.49. The summed E-state index contributed by atoms with van der Waals surface area (Å²) in [5, 5.41) is 19.4. The summed E-state index contributed by atoms with van der Waals surface area (Å²) in [7, 11) is 0. The van der Waals surface area contributed by atoms with Gasteiger partial charge < -0.3 is 10.2 Å². The van der Waals surface area contributed by atoms with E-state index in [-0.39, 0.29) is 23.3 Å². The Labute approximate surface area is 93.1 Å². The number of β-amino-alcohol motifs (C(OH)–C–C–N with tert-alkyl or cyclic N) is 1. The number of likely N-dealkylation sites (tertiary alicyclic amines) is 1. The van der Waals surface area contributed by atoms with Crippen molar-refractivity contribution in [3.63, 3.8) is 0 Å². The Morgan fingerprint density at radius 2 is 1.60 bits per heavy atom. The molecule has 3 heteroatoms. The molecule has 1 aliphatic rings. The second kappa shape index (κ2) is 4.04. The third kappa shape index (κ3) is 2.92. The molecule has 1 heterocycles. The maximum atomic E-state index is 9.84. The minimum atomic E-state index is -0.321. The molecule has 0 saturated carbocycles. The summed E-state index contributed by atoms with van der Waals surface area (Å²) in [5.74, 6) is 0. The summed E-state index contributed by atoms with van der Waals surface area (Å²) < 4.78 is 0. The first kappa shape index (κ1) is 12.9. The molecule has 0 spiro atoms. The number of hydrogen-bond acceptors (Lipinski definition) is 3. The molecule has 15 heavy (non-hydrogen) atoms. The molecule has 1 unspecified atom stereocenters. The fraction of sp³-hybridized carbons (Fsp3) is 1.00. The lowest BCUT2D eigenvalue weighted by molar-refractivity contribution is -0.0947. The highest BCUT2D eigenvalue weighted by atomic mass is 16.3. The monoisotopic (exact) mass is 215 g/mol. The first-order valence-corrected chi connectivity index (χ1v) is 5.79. The smallest absolute Gasteiger partial charge is 0.0639 e. The van der Waals surface area contributed by atoms with Gasteiger partial charge in [-0.15, -0.1) is 0 Å². The van der Waals surface area contributed by atoms with Crippen LogP contribution in [0, 0.1) is 0 Å². The van der Waals surface area contributed by atoms with E-state index >= 15 is 0 Å². The fourth-order valence-corrected chi connectivity index (χ4v) is 3.02. The molecular formula is C12H25NO2. The molecule has 3 nitrogen and oxygen atoms in total. The van der Waals surface area contributed by atoms with Crippen LogP contribution in [-0.2, 0) is 0 Å². The number of aliphatic hydroxyl groups is 2. The van der Waals surface area contributed by atoms with Gasteiger partial charge in [0.2, 0.25) is 0 Å². The molecule has 2 N–H and O–H groups in total. The van der Waals surface area contributed by atoms with E-state index in [4.69, 9.17) is 0 Å². The van der Waals surface area contributed by atoms with Gasteiger partial charge in [0.05, 0.1) is 12.2 Å². The van der Waals surface area contributed by atoms with Gasteiger partial charge in [-0.2, -0.15) is 0 Å². The van der Waals surface area contributed by atoms with Crippen molar-refractivity contribution in [1.29, 1.82) is 0 Å². The number of piperidine rings is 1. The highest BCUT2D eigenvalue weighted by Crippen LogP contribution is 2.38. The lowest BCUT2D eigenvalue weighted by Crippen LogP contribution is -2.63. The average molecular weight is 215 g/mol. The van der Waals surface area contributed by atoms with Gasteiger partial charge in [0, 0.05) is 17.6 Å². The summed E-state index contributed by atoms with van der Waals surface area (Å²) in [5.41, 5.74) is -0.0870. The summed E-state index contributed by atoms with van der Waals surface area (Å²) in [6, 6.07) is 0. The van der Waals surface area contributed by atoms with Gasteiger partial charge in [-0.1, -0.05) is 0 Å². The molecule has 1 aliphatic heterocycles. The largest absolute Gasteiger partial charge is 0.393 e. The van der Waals surface area contributed by atoms with Crippen LogP contribution in [0.5, 0.6) is 0 Å². The minimum Gasteiger partial charge on any atom is -0.393 e. The molecular weight excluding hydrogens is 190 g/mol. The Hall–Kier alpha value is -0.120. The van der Waals surface area contributed by atoms with Gasteiger partial charge in [-0.3, -0.25) is 4.90 Å². The normalized spacial score (nSPS) is 29.0. The van der Waals surface area contributed by atoms with Crippen LogP contribution < -0.4 is 0 Å². The van der Waals surface area contributed by atoms with Crippen molar-refractivity contribution in [3.8, 4) is 0 Å². The van der Waals surface area contributed by atoms with Crippen molar-refractivity contribution < 1.29 is 10.2 Å². The van der Waals surface area contributed by atoms with Gasteiger partial charge in [-0.25, -0.2) is 0 Å². The van der Waals surface area contributed by atoms with Gasteiger partial charge >= 0.3 is 0 Å². The summed E-state index contributed by atoms with van der Waals surface area (Å²) in [4.78, 5) is 2.32. The van der Waals surface area contributed by atoms with Crippen molar-refractivity contribution >= 4 is 0 Å². The first-order chi connectivity index (χ1) is 6.65. The molecule has 0 bridgehead atoms. The molecule has 0 radical (unpaired) electrons. The molecule has 0 aromatic rings. The molecule has 0 amide bonds. The predicted octanol–water partition coefficient (Wildman–Crippen LogP) is 1.38. The predicted molar refractivity (Wildman–Crippen MR) is 61.8 cm³/mol. The second-order valence-corrected chi connectivity index (χ2v) is 6.15. The average Bonchev–Trinajstić information content (AvgIpc) is 1.94. The third-order valence-corrected chi connectivity index (χ3v) is 3.38. The van der Waals surface area contributed by atoms with E-state index in [0.29, 0.717) is 6.54 Å². The number of hydrogen-bond donors (Lipinski definition) is 2. The highest BCUT2D eigenvalue weighted by molar-refractivity contribution is 5.00. The summed E-state index contributed by atoms with van der Waals surface area (Å²) in [6.45, 7) is 11.0. The Bertz CT molecular complexity index is 206. The standard InChI is InChI=1S/C12H25NO2/c1-9(14)8-13-11(2,3)6-10(15)7-12(13,4)5/h9-10,14-15H,6-8H2,1-5H3. The van der Waals surface area contributed by atoms with Crippen molar-refractivity contribution in [2.24, 2.45) is 0 Å². The van der Waals surface area contributed by atoms with Crippen LogP contribution in [0.4, 0.5) is 0 Å². The SMILES string of the molecule is CC(O)CN1C(C)(C)CC(O)CC1(C)C. The zero-order valence-corrected chi connectivity index (χ0v) is 10.6. The lowest BCUT2D eigenvalue weighted by atomic mass is 9.78. The van der Waals surface area contributed by atoms with Crippen LogP contribution in [0.25, 0.3) is 0 Å². The van der Waals surface area contributed by atoms with E-state index in [1.54, 1.807) is 0 Å². The second-order valence-electron chi connectivity index (χ2n) is 6.15. The van der Waals surface area contributed by atoms with E-state index in [2.05, 4.69) is 32.6 Å². The Morgan fingerprint density at radius 1 is 1.20 bits per heavy atom. The Morgan fingerprint density at radius 3 is 1.93 bits per heavy atom. The van der Waals surface area contributed by atoms with Crippen molar-refractivity contribution in [3.05, 3.63) is 0 Å². The molecule has 0 aromatic carbocycles. The fourth-order valence-electron chi connectivity index (χ4n) is 3.02. The van der Waals surface area contributed by atoms with Crippen LogP contribution in [0.2, 0.25) is 0 Å². The van der Waals surface area contributed by atoms with Gasteiger partial charge in [0.1, 0.15) is 0 Å². The Balaban J connectivity index is 2.87. The van der Waals surface area contributed by atoms with Gasteiger partial charge in [0.25, 0.3) is 0 Å². The van der Waals surface area contributed by atoms with E-state index in [0.717, 1.165) is 12.8 Å². The number of aliphatic hydroxyl groups excluding tert-OH is 2. The summed E-state index contributed by atoms with van der Waals surface area (Å²) in [6.07, 6.45) is 1.02. The van der Waals surface area contributed by atoms with Crippen LogP contribution in [0.3, 0.4) is 0 Å². The maximum Gasteiger partial charge on any atom is 0.0639 e. The molecule has 0 aromatic heterocycles. The zero-order valence-electron chi connectivity index (χ0n) is 10.6. The third-order valence-electron chi connectivity index (χ3n) is 3.38. The van der Waals surface area contributed by atoms with E-state index in [1.165, 1.54) is 0 Å². The van der Waals surface area contributed by atoms with Crippen LogP contribution in [0.15, 0.2) is 0 Å². The van der Waals surface area contributed by atoms with Crippen molar-refractivity contribution in [1.82, 2.24) is 4.90 Å². The molecule has 1 atom stereocenters. The van der Waals surface area contributed by atoms with Crippen molar-refractivity contribution in [2.45, 2.75) is 70.7 Å². The van der Waals surface area contributed by atoms with Crippen LogP contribution in [-0.4, -0.2) is 44.9 Å². The van der Waals surface area contributed by atoms with Crippen molar-refractivity contribution in [2.75, 3.05) is 6.54 Å². The van der Waals surface area contributed by atoms with E-state index < -0.39 is 0 Å². The maximum absolute atomic E-state index is 9.84. The molecule has 1 saturated heterocycles. The molecule has 0 aliphatic carbocycles. The number of rotatable bonds is 2. The van der Waals surface area contributed by atoms with E-state index in [9.17, 15) is 10.2 Å². The number of nitrogens with zero attached hydrogens (tertiary/aromatic N) is 1. The van der Waals surface area contributed by atoms with E-state index in [1.807, 2.05) is 6.92 Å². The highest BCUT2D eigenvalue weighted by Gasteiger charge is 2.44. The van der Waals surface area contributed by atoms with Crippen LogP contribution in [0.1, 0.15) is 47.5 Å². The quantitative estimate of drug-likeness (QED) is 0.731. The molecule has 1 rings (SSSR count). The van der Waals surface area contributed by atoms with Crippen LogP contribution >= 0.6 is 0 Å². The topological polar surface area (TPSA) is 43.7 Å². The van der Waals surface area contributed by atoms with Gasteiger partial charge in [0.15, 0.2) is 0 Å². The zero-order chi connectivity index (χ0) is 11.9. The molecule has 90 valence electrons. The molecule has 1 fully saturated rings. The first-order valence-electron chi connectivity index (χ1n) is 5.79. The minimum absolute atomic E-state index is 0.0435.